The molecule has 2 aromatic rings. The normalized spacial score (nSPS) is 22.1. The third kappa shape index (κ3) is 3.88. The van der Waals surface area contributed by atoms with Gasteiger partial charge in [0.15, 0.2) is 5.69 Å². The van der Waals surface area contributed by atoms with Gasteiger partial charge in [0.2, 0.25) is 5.88 Å². The molecule has 0 bridgehead atoms. The molecule has 1 aliphatic heterocycles. The molecule has 1 saturated heterocycles. The molecule has 0 aliphatic carbocycles. The first-order valence-electron chi connectivity index (χ1n) is 8.32. The number of nitrogens with zero attached hydrogens (tertiary/aromatic N) is 3. The number of hydrogen-bond acceptors (Lipinski definition) is 6. The van der Waals surface area contributed by atoms with E-state index in [-0.39, 0.29) is 30.3 Å². The van der Waals surface area contributed by atoms with E-state index in [1.54, 1.807) is 0 Å². The Morgan fingerprint density at radius 3 is 2.68 bits per heavy atom. The highest BCUT2D eigenvalue weighted by molar-refractivity contribution is 5.65. The summed E-state index contributed by atoms with van der Waals surface area (Å²) in [6.07, 6.45) is -2.32. The Labute approximate surface area is 157 Å². The number of alkyl halides is 1. The smallest absolute Gasteiger partial charge is 0.407 e. The van der Waals surface area contributed by atoms with Crippen LogP contribution in [0.4, 0.5) is 19.3 Å². The van der Waals surface area contributed by atoms with E-state index in [1.807, 2.05) is 0 Å². The Hall–Kier alpha value is -3.21. The summed E-state index contributed by atoms with van der Waals surface area (Å²) in [7, 11) is 0. The lowest BCUT2D eigenvalue weighted by atomic mass is 9.89. The number of likely N-dealkylation sites (tertiary alicyclic amines) is 1. The van der Waals surface area contributed by atoms with Crippen LogP contribution in [0.5, 0.6) is 11.6 Å². The van der Waals surface area contributed by atoms with Crippen LogP contribution in [0.25, 0.3) is 0 Å². The average molecular weight is 396 g/mol. The predicted molar refractivity (Wildman–Crippen MR) is 93.4 cm³/mol. The van der Waals surface area contributed by atoms with Crippen molar-refractivity contribution in [2.24, 2.45) is 0 Å². The maximum atomic E-state index is 14.4. The molecule has 0 saturated carbocycles. The minimum Gasteiger partial charge on any atom is -0.465 e. The molecular formula is C17H18F2N4O5. The molecule has 1 aromatic heterocycles. The molecule has 150 valence electrons. The summed E-state index contributed by atoms with van der Waals surface area (Å²) in [5.41, 5.74) is 2.69. The summed E-state index contributed by atoms with van der Waals surface area (Å²) < 4.78 is 33.6. The van der Waals surface area contributed by atoms with Gasteiger partial charge in [-0.2, -0.15) is 0 Å². The minimum absolute atomic E-state index is 0.0737. The topological polar surface area (TPSA) is 131 Å². The molecule has 0 unspecified atom stereocenters. The second-order valence-corrected chi connectivity index (χ2v) is 6.50. The molecule has 0 radical (unpaired) electrons. The lowest BCUT2D eigenvalue weighted by molar-refractivity contribution is -0.0900. The van der Waals surface area contributed by atoms with E-state index in [2.05, 4.69) is 4.98 Å². The monoisotopic (exact) mass is 396 g/mol. The van der Waals surface area contributed by atoms with Crippen molar-refractivity contribution in [1.29, 1.82) is 0 Å². The highest BCUT2D eigenvalue weighted by Gasteiger charge is 2.44. The van der Waals surface area contributed by atoms with Crippen molar-refractivity contribution in [3.05, 3.63) is 46.8 Å². The molecule has 28 heavy (non-hydrogen) atoms. The summed E-state index contributed by atoms with van der Waals surface area (Å²) in [6.45, 7) is -1.03. The minimum atomic E-state index is -1.94. The van der Waals surface area contributed by atoms with Crippen molar-refractivity contribution >= 4 is 11.8 Å². The Bertz CT molecular complexity index is 936. The van der Waals surface area contributed by atoms with Gasteiger partial charge < -0.3 is 25.6 Å². The number of aromatic nitrogens is 2. The van der Waals surface area contributed by atoms with Crippen molar-refractivity contribution in [3.63, 3.8) is 0 Å². The van der Waals surface area contributed by atoms with Crippen LogP contribution in [0.2, 0.25) is 0 Å². The summed E-state index contributed by atoms with van der Waals surface area (Å²) in [5, 5.41) is 19.5. The van der Waals surface area contributed by atoms with Crippen LogP contribution >= 0.6 is 0 Å². The molecule has 1 amide bonds. The van der Waals surface area contributed by atoms with Crippen LogP contribution in [-0.4, -0.2) is 55.6 Å². The fraction of sp³-hybridized carbons (Fsp3) is 0.353. The Balaban J connectivity index is 1.78. The first-order valence-corrected chi connectivity index (χ1v) is 8.32. The van der Waals surface area contributed by atoms with E-state index in [0.29, 0.717) is 0 Å². The highest BCUT2D eigenvalue weighted by atomic mass is 19.1. The van der Waals surface area contributed by atoms with Crippen molar-refractivity contribution in [2.75, 3.05) is 18.8 Å². The van der Waals surface area contributed by atoms with Crippen molar-refractivity contribution in [3.8, 4) is 11.6 Å². The van der Waals surface area contributed by atoms with Crippen molar-refractivity contribution in [1.82, 2.24) is 14.5 Å². The van der Waals surface area contributed by atoms with Gasteiger partial charge in [0.05, 0.1) is 13.1 Å². The number of anilines is 1. The van der Waals surface area contributed by atoms with Gasteiger partial charge in [-0.1, -0.05) is 0 Å². The van der Waals surface area contributed by atoms with Crippen LogP contribution in [0, 0.1) is 5.82 Å². The van der Waals surface area contributed by atoms with Crippen molar-refractivity contribution in [2.45, 2.75) is 24.7 Å². The number of nitrogen functional groups attached to an aromatic ring is 1. The van der Waals surface area contributed by atoms with Crippen LogP contribution in [0.1, 0.15) is 6.42 Å². The lowest BCUT2D eigenvalue weighted by Gasteiger charge is -2.39. The third-order valence-electron chi connectivity index (χ3n) is 4.56. The van der Waals surface area contributed by atoms with Gasteiger partial charge in [0.25, 0.3) is 5.56 Å². The molecule has 0 spiro atoms. The maximum absolute atomic E-state index is 14.4. The highest BCUT2D eigenvalue weighted by Crippen LogP contribution is 2.28. The number of carboxylic acid groups (broad SMARTS) is 1. The number of nitrogens with two attached hydrogens (primary N) is 1. The van der Waals surface area contributed by atoms with E-state index in [4.69, 9.17) is 15.6 Å². The molecule has 2 atom stereocenters. The fourth-order valence-electron chi connectivity index (χ4n) is 2.89. The largest absolute Gasteiger partial charge is 0.465 e. The van der Waals surface area contributed by atoms with Gasteiger partial charge in [-0.15, -0.1) is 0 Å². The Morgan fingerprint density at radius 1 is 1.39 bits per heavy atom. The number of piperidine rings is 1. The number of ether oxygens (including phenoxy) is 1. The van der Waals surface area contributed by atoms with E-state index in [0.717, 1.165) is 27.9 Å². The maximum Gasteiger partial charge on any atom is 0.407 e. The number of halogens is 2. The van der Waals surface area contributed by atoms with Crippen LogP contribution in [0.15, 0.2) is 35.4 Å². The zero-order valence-electron chi connectivity index (χ0n) is 14.6. The molecule has 1 aromatic carbocycles. The van der Waals surface area contributed by atoms with E-state index in [1.165, 1.54) is 12.1 Å². The molecule has 11 heteroatoms. The first-order chi connectivity index (χ1) is 13.2. The third-order valence-corrected chi connectivity index (χ3v) is 4.56. The Morgan fingerprint density at radius 2 is 2.07 bits per heavy atom. The Kier molecular flexibility index (Phi) is 5.18. The van der Waals surface area contributed by atoms with Gasteiger partial charge in [0, 0.05) is 6.54 Å². The van der Waals surface area contributed by atoms with Crippen molar-refractivity contribution < 1.29 is 28.5 Å². The second kappa shape index (κ2) is 7.43. The first kappa shape index (κ1) is 19.5. The summed E-state index contributed by atoms with van der Waals surface area (Å²) >= 11 is 0. The zero-order valence-corrected chi connectivity index (χ0v) is 14.6. The molecule has 3 rings (SSSR count). The summed E-state index contributed by atoms with van der Waals surface area (Å²) in [4.78, 5) is 28.1. The molecule has 2 heterocycles. The predicted octanol–water partition coefficient (Wildman–Crippen LogP) is 1.21. The second-order valence-electron chi connectivity index (χ2n) is 6.50. The molecule has 4 N–H and O–H groups in total. The van der Waals surface area contributed by atoms with E-state index in [9.17, 15) is 23.5 Å². The molecule has 1 aliphatic rings. The van der Waals surface area contributed by atoms with Gasteiger partial charge in [-0.3, -0.25) is 9.36 Å². The zero-order chi connectivity index (χ0) is 20.5. The average Bonchev–Trinajstić information content (AvgIpc) is 2.65. The number of carbonyl (C=O) groups is 1. The standard InChI is InChI=1S/C17H18F2N4O5/c18-10-1-3-11(4-2-10)28-14-13(20)15(24)23(9-21-14)8-17(27)5-6-22(16(25)26)7-12(17)19/h1-4,9,12,27H,5-8,20H2,(H,25,26)/t12-,17+/m1/s1. The van der Waals surface area contributed by atoms with Gasteiger partial charge in [0.1, 0.15) is 29.7 Å². The summed E-state index contributed by atoms with van der Waals surface area (Å²) in [6, 6.07) is 4.98. The molecular weight excluding hydrogens is 378 g/mol. The summed E-state index contributed by atoms with van der Waals surface area (Å²) in [5.74, 6) is -0.467. The van der Waals surface area contributed by atoms with Crippen LogP contribution < -0.4 is 16.0 Å². The number of aliphatic hydroxyl groups is 1. The van der Waals surface area contributed by atoms with Crippen LogP contribution in [0.3, 0.4) is 0 Å². The number of hydrogen-bond donors (Lipinski definition) is 3. The van der Waals surface area contributed by atoms with E-state index >= 15 is 0 Å². The van der Waals surface area contributed by atoms with Gasteiger partial charge in [-0.05, 0) is 30.7 Å². The number of rotatable bonds is 4. The molecule has 9 nitrogen and oxygen atoms in total. The quantitative estimate of drug-likeness (QED) is 0.708. The van der Waals surface area contributed by atoms with Crippen LogP contribution in [-0.2, 0) is 6.54 Å². The lowest BCUT2D eigenvalue weighted by Crippen LogP contribution is -2.57. The van der Waals surface area contributed by atoms with Gasteiger partial charge >= 0.3 is 6.09 Å². The SMILES string of the molecule is Nc1c(Oc2ccc(F)cc2)ncn(C[C@@]2(O)CCN(C(=O)O)C[C@H]2F)c1=O. The number of benzene rings is 1. The number of amides is 1. The van der Waals surface area contributed by atoms with E-state index < -0.39 is 42.3 Å². The fourth-order valence-corrected chi connectivity index (χ4v) is 2.89. The van der Waals surface area contributed by atoms with Gasteiger partial charge in [-0.25, -0.2) is 18.6 Å². The molecule has 1 fully saturated rings.